The first-order chi connectivity index (χ1) is 8.02. The summed E-state index contributed by atoms with van der Waals surface area (Å²) in [6.45, 7) is 2.40. The number of halogens is 2. The molecule has 1 fully saturated rings. The van der Waals surface area contributed by atoms with Gasteiger partial charge in [0.1, 0.15) is 6.61 Å². The molecule has 3 rings (SSSR count). The lowest BCUT2D eigenvalue weighted by Gasteiger charge is -2.13. The van der Waals surface area contributed by atoms with E-state index in [4.69, 9.17) is 16.3 Å². The van der Waals surface area contributed by atoms with E-state index in [1.165, 1.54) is 0 Å². The molecule has 2 aliphatic rings. The number of carbonyl (C=O) groups excluding carboxylic acids is 1. The van der Waals surface area contributed by atoms with Gasteiger partial charge in [-0.3, -0.25) is 4.79 Å². The van der Waals surface area contributed by atoms with Gasteiger partial charge in [0.25, 0.3) is 5.91 Å². The zero-order chi connectivity index (χ0) is 12.2. The predicted molar refractivity (Wildman–Crippen MR) is 68.8 cm³/mol. The van der Waals surface area contributed by atoms with Crippen molar-refractivity contribution in [3.05, 3.63) is 26.7 Å². The zero-order valence-electron chi connectivity index (χ0n) is 9.27. The summed E-state index contributed by atoms with van der Waals surface area (Å²) in [6, 6.07) is 1.77. The third kappa shape index (κ3) is 1.74. The highest BCUT2D eigenvalue weighted by Crippen LogP contribution is 2.43. The van der Waals surface area contributed by atoms with E-state index in [0.717, 1.165) is 22.9 Å². The molecule has 0 bridgehead atoms. The summed E-state index contributed by atoms with van der Waals surface area (Å²) < 4.78 is 6.55. The second-order valence-electron chi connectivity index (χ2n) is 4.70. The number of nitrogens with one attached hydrogen (secondary N) is 1. The molecule has 1 amide bonds. The second-order valence-corrected chi connectivity index (χ2v) is 5.93. The topological polar surface area (TPSA) is 38.3 Å². The lowest BCUT2D eigenvalue weighted by atomic mass is 10.1. The largest absolute Gasteiger partial charge is 0.489 e. The first-order valence-corrected chi connectivity index (χ1v) is 6.63. The quantitative estimate of drug-likeness (QED) is 0.799. The normalized spacial score (nSPS) is 20.3. The number of rotatable bonds is 0. The van der Waals surface area contributed by atoms with Gasteiger partial charge >= 0.3 is 0 Å². The molecule has 17 heavy (non-hydrogen) atoms. The van der Waals surface area contributed by atoms with Crippen LogP contribution in [0, 0.1) is 6.92 Å². The Hall–Kier alpha value is -0.740. The van der Waals surface area contributed by atoms with Gasteiger partial charge in [-0.15, -0.1) is 0 Å². The van der Waals surface area contributed by atoms with Gasteiger partial charge in [-0.2, -0.15) is 0 Å². The standard InChI is InChI=1S/C12H11BrClNO2/c1-6-8(13)4-7-10(9(6)14)17-5-12(2-3-12)15-11(7)16/h4H,2-3,5H2,1H3,(H,15,16). The monoisotopic (exact) mass is 315 g/mol. The molecule has 1 aromatic rings. The molecule has 1 saturated carbocycles. The molecule has 1 spiro atoms. The molecule has 1 aliphatic carbocycles. The van der Waals surface area contributed by atoms with Gasteiger partial charge in [0.05, 0.1) is 16.1 Å². The van der Waals surface area contributed by atoms with Gasteiger partial charge < -0.3 is 10.1 Å². The average Bonchev–Trinajstić information content (AvgIpc) is 3.05. The van der Waals surface area contributed by atoms with E-state index in [0.29, 0.717) is 22.9 Å². The van der Waals surface area contributed by atoms with Crippen LogP contribution in [0.5, 0.6) is 5.75 Å². The molecule has 0 atom stereocenters. The highest BCUT2D eigenvalue weighted by Gasteiger charge is 2.47. The minimum absolute atomic E-state index is 0.0994. The highest BCUT2D eigenvalue weighted by molar-refractivity contribution is 9.10. The van der Waals surface area contributed by atoms with Gasteiger partial charge in [-0.1, -0.05) is 27.5 Å². The average molecular weight is 317 g/mol. The Bertz CT molecular complexity index is 526. The van der Waals surface area contributed by atoms with Gasteiger partial charge in [-0.05, 0) is 31.4 Å². The Labute approximate surface area is 113 Å². The lowest BCUT2D eigenvalue weighted by Crippen LogP contribution is -2.38. The first kappa shape index (κ1) is 11.4. The molecule has 0 saturated heterocycles. The Balaban J connectivity index is 2.13. The lowest BCUT2D eigenvalue weighted by molar-refractivity contribution is 0.0932. The molecular weight excluding hydrogens is 305 g/mol. The van der Waals surface area contributed by atoms with Crippen LogP contribution < -0.4 is 10.1 Å². The van der Waals surface area contributed by atoms with Gasteiger partial charge in [-0.25, -0.2) is 0 Å². The van der Waals surface area contributed by atoms with Crippen LogP contribution in [0.3, 0.4) is 0 Å². The summed E-state index contributed by atoms with van der Waals surface area (Å²) in [5.74, 6) is 0.409. The van der Waals surface area contributed by atoms with Crippen LogP contribution in [0.4, 0.5) is 0 Å². The van der Waals surface area contributed by atoms with E-state index in [-0.39, 0.29) is 11.4 Å². The van der Waals surface area contributed by atoms with Crippen molar-refractivity contribution in [3.63, 3.8) is 0 Å². The number of amides is 1. The van der Waals surface area contributed by atoms with E-state index in [2.05, 4.69) is 21.2 Å². The summed E-state index contributed by atoms with van der Waals surface area (Å²) in [4.78, 5) is 12.1. The SMILES string of the molecule is Cc1c(Br)cc2c(c1Cl)OCC1(CC1)NC2=O. The van der Waals surface area contributed by atoms with Crippen molar-refractivity contribution in [1.82, 2.24) is 5.32 Å². The fourth-order valence-corrected chi connectivity index (χ4v) is 2.78. The number of benzene rings is 1. The molecule has 0 unspecified atom stereocenters. The maximum absolute atomic E-state index is 12.1. The van der Waals surface area contributed by atoms with Crippen LogP contribution in [0.2, 0.25) is 5.02 Å². The number of ether oxygens (including phenoxy) is 1. The van der Waals surface area contributed by atoms with Crippen molar-refractivity contribution in [2.75, 3.05) is 6.61 Å². The van der Waals surface area contributed by atoms with Crippen LogP contribution in [-0.4, -0.2) is 18.1 Å². The highest BCUT2D eigenvalue weighted by atomic mass is 79.9. The Morgan fingerprint density at radius 3 is 2.88 bits per heavy atom. The molecule has 1 aliphatic heterocycles. The van der Waals surface area contributed by atoms with Crippen LogP contribution in [0.1, 0.15) is 28.8 Å². The summed E-state index contributed by atoms with van der Waals surface area (Å²) in [5, 5.41) is 3.53. The Morgan fingerprint density at radius 1 is 1.53 bits per heavy atom. The number of hydrogen-bond donors (Lipinski definition) is 1. The smallest absolute Gasteiger partial charge is 0.255 e. The fourth-order valence-electron chi connectivity index (χ4n) is 1.98. The Kier molecular flexibility index (Phi) is 2.42. The molecule has 3 nitrogen and oxygen atoms in total. The number of hydrogen-bond acceptors (Lipinski definition) is 2. The molecular formula is C12H11BrClNO2. The third-order valence-electron chi connectivity index (χ3n) is 3.37. The van der Waals surface area contributed by atoms with Crippen molar-refractivity contribution in [2.45, 2.75) is 25.3 Å². The number of fused-ring (bicyclic) bond motifs is 1. The summed E-state index contributed by atoms with van der Waals surface area (Å²) >= 11 is 9.64. The first-order valence-electron chi connectivity index (χ1n) is 5.46. The summed E-state index contributed by atoms with van der Waals surface area (Å²) in [5.41, 5.74) is 1.25. The summed E-state index contributed by atoms with van der Waals surface area (Å²) in [7, 11) is 0. The fraction of sp³-hybridized carbons (Fsp3) is 0.417. The van der Waals surface area contributed by atoms with E-state index in [9.17, 15) is 4.79 Å². The zero-order valence-corrected chi connectivity index (χ0v) is 11.6. The van der Waals surface area contributed by atoms with E-state index < -0.39 is 0 Å². The molecule has 0 aromatic heterocycles. The third-order valence-corrected chi connectivity index (χ3v) is 4.65. The minimum atomic E-state index is -0.153. The van der Waals surface area contributed by atoms with Crippen LogP contribution in [0.15, 0.2) is 10.5 Å². The van der Waals surface area contributed by atoms with Crippen molar-refractivity contribution in [3.8, 4) is 5.75 Å². The molecule has 5 heteroatoms. The molecule has 90 valence electrons. The Morgan fingerprint density at radius 2 is 2.24 bits per heavy atom. The van der Waals surface area contributed by atoms with Crippen molar-refractivity contribution in [1.29, 1.82) is 0 Å². The van der Waals surface area contributed by atoms with Crippen molar-refractivity contribution >= 4 is 33.4 Å². The van der Waals surface area contributed by atoms with E-state index >= 15 is 0 Å². The van der Waals surface area contributed by atoms with Crippen molar-refractivity contribution in [2.24, 2.45) is 0 Å². The summed E-state index contributed by atoms with van der Waals surface area (Å²) in [6.07, 6.45) is 1.95. The van der Waals surface area contributed by atoms with E-state index in [1.54, 1.807) is 6.07 Å². The predicted octanol–water partition coefficient (Wildman–Crippen LogP) is 3.07. The van der Waals surface area contributed by atoms with Gasteiger partial charge in [0.2, 0.25) is 0 Å². The molecule has 1 aromatic carbocycles. The van der Waals surface area contributed by atoms with Crippen LogP contribution in [-0.2, 0) is 0 Å². The maximum Gasteiger partial charge on any atom is 0.255 e. The molecule has 0 radical (unpaired) electrons. The van der Waals surface area contributed by atoms with Crippen LogP contribution >= 0.6 is 27.5 Å². The maximum atomic E-state index is 12.1. The molecule has 1 N–H and O–H groups in total. The van der Waals surface area contributed by atoms with E-state index in [1.807, 2.05) is 6.92 Å². The van der Waals surface area contributed by atoms with Crippen molar-refractivity contribution < 1.29 is 9.53 Å². The minimum Gasteiger partial charge on any atom is -0.489 e. The second kappa shape index (κ2) is 3.62. The van der Waals surface area contributed by atoms with Gasteiger partial charge in [0, 0.05) is 4.47 Å². The number of carbonyl (C=O) groups is 1. The van der Waals surface area contributed by atoms with Gasteiger partial charge in [0.15, 0.2) is 5.75 Å². The van der Waals surface area contributed by atoms with Crippen LogP contribution in [0.25, 0.3) is 0 Å². The molecule has 1 heterocycles.